The molecule has 0 saturated heterocycles. The maximum absolute atomic E-state index is 11.2. The van der Waals surface area contributed by atoms with Crippen molar-refractivity contribution >= 4 is 11.8 Å². The number of rotatable bonds is 5. The minimum Gasteiger partial charge on any atom is -0.481 e. The van der Waals surface area contributed by atoms with Crippen LogP contribution in [0.15, 0.2) is 0 Å². The average molecular weight is 200 g/mol. The number of aliphatic hydroxyl groups is 1. The number of Topliss-reactive ketones (excluding diaryl/α,β-unsaturated/α-hetero) is 1. The third-order valence-corrected chi connectivity index (χ3v) is 2.69. The van der Waals surface area contributed by atoms with E-state index >= 15 is 0 Å². The van der Waals surface area contributed by atoms with Crippen molar-refractivity contribution in [2.45, 2.75) is 44.6 Å². The van der Waals surface area contributed by atoms with E-state index in [2.05, 4.69) is 0 Å². The van der Waals surface area contributed by atoms with Gasteiger partial charge in [-0.15, -0.1) is 0 Å². The lowest BCUT2D eigenvalue weighted by Gasteiger charge is -2.10. The van der Waals surface area contributed by atoms with E-state index < -0.39 is 12.1 Å². The van der Waals surface area contributed by atoms with E-state index in [1.807, 2.05) is 0 Å². The molecule has 0 aliphatic heterocycles. The number of hydrogen-bond acceptors (Lipinski definition) is 3. The first-order valence-electron chi connectivity index (χ1n) is 5.02. The molecule has 0 spiro atoms. The molecule has 0 radical (unpaired) electrons. The van der Waals surface area contributed by atoms with Crippen molar-refractivity contribution in [2.24, 2.45) is 5.92 Å². The molecule has 80 valence electrons. The smallest absolute Gasteiger partial charge is 0.305 e. The molecule has 1 aliphatic carbocycles. The van der Waals surface area contributed by atoms with Crippen LogP contribution >= 0.6 is 0 Å². The van der Waals surface area contributed by atoms with Crippen molar-refractivity contribution in [3.63, 3.8) is 0 Å². The fourth-order valence-electron chi connectivity index (χ4n) is 1.89. The fourth-order valence-corrected chi connectivity index (χ4v) is 1.89. The standard InChI is InChI=1S/C10H16O4/c11-8(6-10(13)14)5-4-7-2-1-3-9(7)12/h7-8,11H,1-6H2,(H,13,14). The Kier molecular flexibility index (Phi) is 4.07. The molecule has 2 atom stereocenters. The summed E-state index contributed by atoms with van der Waals surface area (Å²) in [5, 5.41) is 17.7. The monoisotopic (exact) mass is 200 g/mol. The van der Waals surface area contributed by atoms with E-state index in [1.165, 1.54) is 0 Å². The fraction of sp³-hybridized carbons (Fsp3) is 0.800. The Morgan fingerprint density at radius 2 is 2.29 bits per heavy atom. The summed E-state index contributed by atoms with van der Waals surface area (Å²) >= 11 is 0. The molecule has 1 aliphatic rings. The van der Waals surface area contributed by atoms with Crippen molar-refractivity contribution in [2.75, 3.05) is 0 Å². The first-order valence-corrected chi connectivity index (χ1v) is 5.02. The molecule has 0 aromatic carbocycles. The molecule has 1 saturated carbocycles. The highest BCUT2D eigenvalue weighted by Gasteiger charge is 2.24. The van der Waals surface area contributed by atoms with Gasteiger partial charge in [-0.3, -0.25) is 9.59 Å². The third kappa shape index (κ3) is 3.46. The van der Waals surface area contributed by atoms with Gasteiger partial charge in [0, 0.05) is 12.3 Å². The van der Waals surface area contributed by atoms with Gasteiger partial charge in [-0.05, 0) is 25.7 Å². The molecule has 0 heterocycles. The Morgan fingerprint density at radius 3 is 2.79 bits per heavy atom. The second kappa shape index (κ2) is 5.10. The maximum atomic E-state index is 11.2. The normalized spacial score (nSPS) is 23.8. The lowest BCUT2D eigenvalue weighted by atomic mass is 9.98. The number of ketones is 1. The highest BCUT2D eigenvalue weighted by atomic mass is 16.4. The second-order valence-corrected chi connectivity index (χ2v) is 3.88. The molecule has 0 aromatic heterocycles. The Hall–Kier alpha value is -0.900. The van der Waals surface area contributed by atoms with Gasteiger partial charge in [-0.1, -0.05) is 0 Å². The van der Waals surface area contributed by atoms with Gasteiger partial charge in [0.15, 0.2) is 0 Å². The van der Waals surface area contributed by atoms with Gasteiger partial charge in [0.25, 0.3) is 0 Å². The van der Waals surface area contributed by atoms with Crippen molar-refractivity contribution in [1.29, 1.82) is 0 Å². The van der Waals surface area contributed by atoms with Crippen LogP contribution in [-0.4, -0.2) is 28.1 Å². The van der Waals surface area contributed by atoms with Crippen LogP contribution in [0, 0.1) is 5.92 Å². The topological polar surface area (TPSA) is 74.6 Å². The van der Waals surface area contributed by atoms with E-state index in [9.17, 15) is 14.7 Å². The number of aliphatic hydroxyl groups excluding tert-OH is 1. The van der Waals surface area contributed by atoms with Gasteiger partial charge >= 0.3 is 5.97 Å². The van der Waals surface area contributed by atoms with Crippen LogP contribution in [0.5, 0.6) is 0 Å². The van der Waals surface area contributed by atoms with Crippen molar-refractivity contribution in [1.82, 2.24) is 0 Å². The maximum Gasteiger partial charge on any atom is 0.305 e. The minimum atomic E-state index is -0.991. The van der Waals surface area contributed by atoms with Gasteiger partial charge in [0.2, 0.25) is 0 Å². The highest BCUT2D eigenvalue weighted by molar-refractivity contribution is 5.82. The van der Waals surface area contributed by atoms with Crippen molar-refractivity contribution in [3.05, 3.63) is 0 Å². The van der Waals surface area contributed by atoms with E-state index in [-0.39, 0.29) is 18.1 Å². The SMILES string of the molecule is O=C(O)CC(O)CCC1CCCC1=O. The Morgan fingerprint density at radius 1 is 1.57 bits per heavy atom. The predicted octanol–water partition coefficient (Wildman–Crippen LogP) is 0.971. The molecule has 2 unspecified atom stereocenters. The summed E-state index contributed by atoms with van der Waals surface area (Å²) in [5.74, 6) is -0.652. The minimum absolute atomic E-state index is 0.0680. The average Bonchev–Trinajstić information content (AvgIpc) is 2.46. The number of carboxylic acids is 1. The van der Waals surface area contributed by atoms with Gasteiger partial charge in [-0.2, -0.15) is 0 Å². The first kappa shape index (κ1) is 11.2. The predicted molar refractivity (Wildman–Crippen MR) is 49.8 cm³/mol. The molecule has 4 nitrogen and oxygen atoms in total. The van der Waals surface area contributed by atoms with Crippen LogP contribution in [-0.2, 0) is 9.59 Å². The summed E-state index contributed by atoms with van der Waals surface area (Å²) in [5.41, 5.74) is 0. The molecule has 0 bridgehead atoms. The van der Waals surface area contributed by atoms with Gasteiger partial charge in [0.1, 0.15) is 5.78 Å². The molecule has 14 heavy (non-hydrogen) atoms. The third-order valence-electron chi connectivity index (χ3n) is 2.69. The summed E-state index contributed by atoms with van der Waals surface area (Å²) in [7, 11) is 0. The molecule has 1 rings (SSSR count). The lowest BCUT2D eigenvalue weighted by molar-refractivity contribution is -0.139. The van der Waals surface area contributed by atoms with Crippen LogP contribution < -0.4 is 0 Å². The molecule has 1 fully saturated rings. The zero-order valence-electron chi connectivity index (χ0n) is 8.11. The molecule has 2 N–H and O–H groups in total. The van der Waals surface area contributed by atoms with Crippen molar-refractivity contribution in [3.8, 4) is 0 Å². The Labute approximate surface area is 82.9 Å². The van der Waals surface area contributed by atoms with E-state index in [1.54, 1.807) is 0 Å². The first-order chi connectivity index (χ1) is 6.59. The Bertz CT molecular complexity index is 224. The molecular weight excluding hydrogens is 184 g/mol. The summed E-state index contributed by atoms with van der Waals surface area (Å²) in [6.07, 6.45) is 2.52. The van der Waals surface area contributed by atoms with Crippen LogP contribution in [0.1, 0.15) is 38.5 Å². The van der Waals surface area contributed by atoms with E-state index in [0.29, 0.717) is 19.3 Å². The van der Waals surface area contributed by atoms with Crippen LogP contribution in [0.4, 0.5) is 0 Å². The van der Waals surface area contributed by atoms with Crippen molar-refractivity contribution < 1.29 is 19.8 Å². The van der Waals surface area contributed by atoms with E-state index in [4.69, 9.17) is 5.11 Å². The Balaban J connectivity index is 2.19. The van der Waals surface area contributed by atoms with Crippen LogP contribution in [0.3, 0.4) is 0 Å². The largest absolute Gasteiger partial charge is 0.481 e. The second-order valence-electron chi connectivity index (χ2n) is 3.88. The summed E-state index contributed by atoms with van der Waals surface area (Å²) < 4.78 is 0. The molecular formula is C10H16O4. The van der Waals surface area contributed by atoms with Crippen LogP contribution in [0.25, 0.3) is 0 Å². The van der Waals surface area contributed by atoms with Gasteiger partial charge in [-0.25, -0.2) is 0 Å². The zero-order chi connectivity index (χ0) is 10.6. The molecule has 4 heteroatoms. The summed E-state index contributed by atoms with van der Waals surface area (Å²) in [6, 6.07) is 0. The van der Waals surface area contributed by atoms with E-state index in [0.717, 1.165) is 12.8 Å². The summed E-state index contributed by atoms with van der Waals surface area (Å²) in [6.45, 7) is 0. The molecule has 0 aromatic rings. The quantitative estimate of drug-likeness (QED) is 0.693. The molecule has 0 amide bonds. The highest BCUT2D eigenvalue weighted by Crippen LogP contribution is 2.26. The number of carbonyl (C=O) groups excluding carboxylic acids is 1. The van der Waals surface area contributed by atoms with Gasteiger partial charge in [0.05, 0.1) is 12.5 Å². The number of hydrogen-bond donors (Lipinski definition) is 2. The number of carbonyl (C=O) groups is 2. The zero-order valence-corrected chi connectivity index (χ0v) is 8.11. The number of aliphatic carboxylic acids is 1. The number of carboxylic acid groups (broad SMARTS) is 1. The summed E-state index contributed by atoms with van der Waals surface area (Å²) in [4.78, 5) is 21.5. The van der Waals surface area contributed by atoms with Gasteiger partial charge < -0.3 is 10.2 Å². The van der Waals surface area contributed by atoms with Crippen LogP contribution in [0.2, 0.25) is 0 Å². The lowest BCUT2D eigenvalue weighted by Crippen LogP contribution is -2.16.